The zero-order chi connectivity index (χ0) is 8.84. The molecule has 0 aromatic heterocycles. The summed E-state index contributed by atoms with van der Waals surface area (Å²) in [6, 6.07) is 11.0. The topological polar surface area (TPSA) is 0 Å². The number of rotatable bonds is 0. The van der Waals surface area contributed by atoms with Gasteiger partial charge in [-0.25, -0.2) is 0 Å². The van der Waals surface area contributed by atoms with E-state index in [4.69, 9.17) is 0 Å². The Bertz CT molecular complexity index is 486. The van der Waals surface area contributed by atoms with Crippen LogP contribution in [0.15, 0.2) is 30.3 Å². The molecule has 64 valence electrons. The maximum absolute atomic E-state index is 2.48. The molecule has 0 nitrogen and oxygen atoms in total. The average Bonchev–Trinajstić information content (AvgIpc) is 2.11. The summed E-state index contributed by atoms with van der Waals surface area (Å²) in [6.07, 6.45) is 2.55. The second-order valence-corrected chi connectivity index (χ2v) is 4.63. The molecule has 0 N–H and O–H groups in total. The third-order valence-electron chi connectivity index (χ3n) is 2.82. The molecule has 1 aliphatic rings. The number of hydrogen-bond donors (Lipinski definition) is 0. The zero-order valence-corrected chi connectivity index (χ0v) is 9.34. The maximum Gasteiger partial charge on any atom is 0.0243 e. The molecule has 0 spiro atoms. The van der Waals surface area contributed by atoms with E-state index in [0.717, 1.165) is 0 Å². The van der Waals surface area contributed by atoms with Gasteiger partial charge in [0.2, 0.25) is 0 Å². The van der Waals surface area contributed by atoms with Gasteiger partial charge >= 0.3 is 0 Å². The highest BCUT2D eigenvalue weighted by Gasteiger charge is 2.17. The summed E-state index contributed by atoms with van der Waals surface area (Å²) >= 11 is 2.48. The monoisotopic (exact) mass is 280 g/mol. The highest BCUT2D eigenvalue weighted by Crippen LogP contribution is 2.33. The molecule has 2 aromatic carbocycles. The van der Waals surface area contributed by atoms with Crippen molar-refractivity contribution in [2.75, 3.05) is 0 Å². The van der Waals surface area contributed by atoms with Crippen molar-refractivity contribution in [3.63, 3.8) is 0 Å². The lowest BCUT2D eigenvalue weighted by Crippen LogP contribution is -2.10. The van der Waals surface area contributed by atoms with Crippen LogP contribution in [0.1, 0.15) is 11.1 Å². The lowest BCUT2D eigenvalue weighted by molar-refractivity contribution is 0.837. The number of fused-ring (bicyclic) bond motifs is 2. The summed E-state index contributed by atoms with van der Waals surface area (Å²) in [5, 5.41) is 2.81. The summed E-state index contributed by atoms with van der Waals surface area (Å²) in [7, 11) is 0. The van der Waals surface area contributed by atoms with E-state index in [1.807, 2.05) is 0 Å². The first-order chi connectivity index (χ1) is 6.36. The summed E-state index contributed by atoms with van der Waals surface area (Å²) in [5.74, 6) is 0. The Morgan fingerprint density at radius 3 is 2.69 bits per heavy atom. The molecule has 0 atom stereocenters. The van der Waals surface area contributed by atoms with Crippen LogP contribution in [0.5, 0.6) is 0 Å². The van der Waals surface area contributed by atoms with E-state index in [0.29, 0.717) is 0 Å². The van der Waals surface area contributed by atoms with Gasteiger partial charge in [-0.15, -0.1) is 0 Å². The van der Waals surface area contributed by atoms with Gasteiger partial charge in [-0.05, 0) is 57.3 Å². The minimum absolute atomic E-state index is 1.27. The molecule has 0 fully saturated rings. The van der Waals surface area contributed by atoms with Gasteiger partial charge in [-0.1, -0.05) is 30.3 Å². The van der Waals surface area contributed by atoms with E-state index in [9.17, 15) is 0 Å². The standard InChI is InChI=1S/C12H9I/c13-12-10-4-2-1-3-8(10)7-9-5-6-11(9)12/h1-4,7H,5-6H2. The molecular formula is C12H9I. The van der Waals surface area contributed by atoms with E-state index < -0.39 is 0 Å². The number of hydrogen-bond acceptors (Lipinski definition) is 0. The third-order valence-corrected chi connectivity index (χ3v) is 4.06. The van der Waals surface area contributed by atoms with E-state index in [1.165, 1.54) is 27.2 Å². The summed E-state index contributed by atoms with van der Waals surface area (Å²) in [5.41, 5.74) is 3.14. The fourth-order valence-electron chi connectivity index (χ4n) is 1.98. The Hall–Kier alpha value is -0.570. The van der Waals surface area contributed by atoms with Crippen molar-refractivity contribution >= 4 is 33.4 Å². The number of halogens is 1. The van der Waals surface area contributed by atoms with Crippen LogP contribution in [-0.2, 0) is 12.8 Å². The molecular weight excluding hydrogens is 271 g/mol. The second-order valence-electron chi connectivity index (χ2n) is 3.55. The van der Waals surface area contributed by atoms with Crippen LogP contribution in [0.4, 0.5) is 0 Å². The molecule has 0 heterocycles. The van der Waals surface area contributed by atoms with Crippen LogP contribution < -0.4 is 0 Å². The van der Waals surface area contributed by atoms with Gasteiger partial charge in [0.1, 0.15) is 0 Å². The first kappa shape index (κ1) is 7.80. The van der Waals surface area contributed by atoms with E-state index >= 15 is 0 Å². The van der Waals surface area contributed by atoms with Crippen molar-refractivity contribution in [2.24, 2.45) is 0 Å². The Balaban J connectivity index is 2.49. The van der Waals surface area contributed by atoms with E-state index in [-0.39, 0.29) is 0 Å². The van der Waals surface area contributed by atoms with Crippen molar-refractivity contribution in [3.8, 4) is 0 Å². The first-order valence-corrected chi connectivity index (χ1v) is 5.63. The SMILES string of the molecule is Ic1c2c(cc3ccccc13)CC2. The summed E-state index contributed by atoms with van der Waals surface area (Å²) < 4.78 is 1.47. The van der Waals surface area contributed by atoms with E-state index in [2.05, 4.69) is 52.9 Å². The van der Waals surface area contributed by atoms with Gasteiger partial charge in [-0.3, -0.25) is 0 Å². The maximum atomic E-state index is 2.48. The molecule has 1 aliphatic carbocycles. The van der Waals surface area contributed by atoms with Gasteiger partial charge in [0.05, 0.1) is 0 Å². The van der Waals surface area contributed by atoms with Crippen molar-refractivity contribution in [1.82, 2.24) is 0 Å². The Morgan fingerprint density at radius 2 is 1.92 bits per heavy atom. The van der Waals surface area contributed by atoms with Crippen molar-refractivity contribution < 1.29 is 0 Å². The van der Waals surface area contributed by atoms with Crippen LogP contribution in [0.25, 0.3) is 10.8 Å². The molecule has 0 radical (unpaired) electrons. The highest BCUT2D eigenvalue weighted by molar-refractivity contribution is 14.1. The van der Waals surface area contributed by atoms with E-state index in [1.54, 1.807) is 11.1 Å². The zero-order valence-electron chi connectivity index (χ0n) is 7.18. The van der Waals surface area contributed by atoms with Crippen LogP contribution in [0, 0.1) is 3.57 Å². The first-order valence-electron chi connectivity index (χ1n) is 4.55. The molecule has 0 bridgehead atoms. The molecule has 3 rings (SSSR count). The van der Waals surface area contributed by atoms with Crippen LogP contribution >= 0.6 is 22.6 Å². The molecule has 1 heteroatoms. The van der Waals surface area contributed by atoms with Crippen molar-refractivity contribution in [1.29, 1.82) is 0 Å². The lowest BCUT2D eigenvalue weighted by Gasteiger charge is -2.21. The molecule has 0 saturated heterocycles. The Labute approximate surface area is 91.1 Å². The fourth-order valence-corrected chi connectivity index (χ4v) is 3.08. The molecule has 0 amide bonds. The normalized spacial score (nSPS) is 13.9. The van der Waals surface area contributed by atoms with Gasteiger partial charge in [0, 0.05) is 3.57 Å². The minimum Gasteiger partial charge on any atom is -0.0616 e. The van der Waals surface area contributed by atoms with Crippen LogP contribution in [0.2, 0.25) is 0 Å². The highest BCUT2D eigenvalue weighted by atomic mass is 127. The molecule has 0 unspecified atom stereocenters. The fraction of sp³-hybridized carbons (Fsp3) is 0.167. The van der Waals surface area contributed by atoms with Gasteiger partial charge < -0.3 is 0 Å². The number of benzene rings is 2. The molecule has 13 heavy (non-hydrogen) atoms. The third kappa shape index (κ3) is 1.03. The van der Waals surface area contributed by atoms with Crippen LogP contribution in [0.3, 0.4) is 0 Å². The largest absolute Gasteiger partial charge is 0.0616 e. The molecule has 0 saturated carbocycles. The molecule has 0 aliphatic heterocycles. The smallest absolute Gasteiger partial charge is 0.0243 e. The predicted octanol–water partition coefficient (Wildman–Crippen LogP) is 3.54. The second kappa shape index (κ2) is 2.71. The van der Waals surface area contributed by atoms with Gasteiger partial charge in [-0.2, -0.15) is 0 Å². The predicted molar refractivity (Wildman–Crippen MR) is 64.1 cm³/mol. The quantitative estimate of drug-likeness (QED) is 0.647. The minimum atomic E-state index is 1.27. The summed E-state index contributed by atoms with van der Waals surface area (Å²) in [4.78, 5) is 0. The Kier molecular flexibility index (Phi) is 1.62. The lowest BCUT2D eigenvalue weighted by atomic mass is 9.86. The van der Waals surface area contributed by atoms with Gasteiger partial charge in [0.15, 0.2) is 0 Å². The van der Waals surface area contributed by atoms with Crippen molar-refractivity contribution in [2.45, 2.75) is 12.8 Å². The molecule has 2 aromatic rings. The average molecular weight is 280 g/mol. The van der Waals surface area contributed by atoms with Crippen molar-refractivity contribution in [3.05, 3.63) is 45.0 Å². The summed E-state index contributed by atoms with van der Waals surface area (Å²) in [6.45, 7) is 0. The number of aryl methyl sites for hydroxylation is 1. The van der Waals surface area contributed by atoms with Gasteiger partial charge in [0.25, 0.3) is 0 Å². The Morgan fingerprint density at radius 1 is 1.08 bits per heavy atom. The van der Waals surface area contributed by atoms with Crippen LogP contribution in [-0.4, -0.2) is 0 Å².